The number of esters is 5. The van der Waals surface area contributed by atoms with Crippen LogP contribution >= 0.6 is 0 Å². The maximum Gasteiger partial charge on any atom is 0.338 e. The molecule has 1 N–H and O–H groups in total. The van der Waals surface area contributed by atoms with Crippen molar-refractivity contribution < 1.29 is 62.2 Å². The van der Waals surface area contributed by atoms with Gasteiger partial charge in [-0.25, -0.2) is 24.0 Å². The number of carbonyl (C=O) groups excluding carboxylic acids is 5. The van der Waals surface area contributed by atoms with E-state index in [1.54, 1.807) is 135 Å². The largest absolute Gasteiger partial charge is 0.459 e. The molecule has 8 atom stereocenters. The SMILES string of the molecule is C[C@H](C=C=C1C(C)(C)C[C@H](O[C@@H]2O[C@H](COC(=O)c3ccccc3)[C@@H](OC(=O)c3ccccc3)[C@H](OC(=O)c3ccccc3)[C@H]2OC(=O)c2ccccc2)C[C@@]1(C)O)OC(=O)c1ccccc1. The fourth-order valence-corrected chi connectivity index (χ4v) is 8.34. The number of ether oxygens (including phenoxy) is 7. The van der Waals surface area contributed by atoms with E-state index in [1.807, 2.05) is 13.8 Å². The Kier molecular flexibility index (Phi) is 15.3. The molecular formula is C54H52O13. The van der Waals surface area contributed by atoms with Crippen LogP contribution in [0.1, 0.15) is 92.3 Å². The van der Waals surface area contributed by atoms with Gasteiger partial charge in [-0.3, -0.25) is 0 Å². The number of benzene rings is 5. The zero-order chi connectivity index (χ0) is 47.6. The highest BCUT2D eigenvalue weighted by Gasteiger charge is 2.55. The lowest BCUT2D eigenvalue weighted by molar-refractivity contribution is -0.313. The molecule has 0 bridgehead atoms. The van der Waals surface area contributed by atoms with E-state index in [0.717, 1.165) is 0 Å². The Morgan fingerprint density at radius 3 is 1.45 bits per heavy atom. The van der Waals surface area contributed by atoms with Gasteiger partial charge in [0, 0.05) is 12.0 Å². The van der Waals surface area contributed by atoms with Crippen molar-refractivity contribution in [3.63, 3.8) is 0 Å². The molecule has 0 amide bonds. The van der Waals surface area contributed by atoms with Crippen molar-refractivity contribution in [1.29, 1.82) is 0 Å². The topological polar surface area (TPSA) is 170 Å². The number of aliphatic hydroxyl groups is 1. The summed E-state index contributed by atoms with van der Waals surface area (Å²) in [6.07, 6.45) is -7.39. The molecule has 346 valence electrons. The Labute approximate surface area is 388 Å². The predicted molar refractivity (Wildman–Crippen MR) is 244 cm³/mol. The molecule has 13 heteroatoms. The minimum atomic E-state index is -1.62. The lowest BCUT2D eigenvalue weighted by Gasteiger charge is -2.48. The molecule has 2 aliphatic rings. The summed E-state index contributed by atoms with van der Waals surface area (Å²) in [5.74, 6) is -3.73. The summed E-state index contributed by atoms with van der Waals surface area (Å²) in [4.78, 5) is 68.2. The molecule has 1 saturated carbocycles. The summed E-state index contributed by atoms with van der Waals surface area (Å²) in [7, 11) is 0. The second-order valence-electron chi connectivity index (χ2n) is 17.2. The molecule has 0 aromatic heterocycles. The number of hydrogen-bond acceptors (Lipinski definition) is 13. The van der Waals surface area contributed by atoms with Crippen LogP contribution in [0.2, 0.25) is 0 Å². The lowest BCUT2D eigenvalue weighted by Crippen LogP contribution is -2.64. The third-order valence-corrected chi connectivity index (χ3v) is 11.4. The fraction of sp³-hybridized carbons (Fsp3) is 0.296. The quantitative estimate of drug-likeness (QED) is 0.0640. The summed E-state index contributed by atoms with van der Waals surface area (Å²) in [6, 6.07) is 41.1. The molecule has 1 aliphatic heterocycles. The fourth-order valence-electron chi connectivity index (χ4n) is 8.34. The molecule has 0 spiro atoms. The molecule has 13 nitrogen and oxygen atoms in total. The van der Waals surface area contributed by atoms with E-state index in [1.165, 1.54) is 36.4 Å². The molecule has 0 radical (unpaired) electrons. The van der Waals surface area contributed by atoms with E-state index in [2.05, 4.69) is 5.73 Å². The van der Waals surface area contributed by atoms with Gasteiger partial charge in [-0.05, 0) is 92.4 Å². The van der Waals surface area contributed by atoms with E-state index in [-0.39, 0.29) is 35.1 Å². The zero-order valence-electron chi connectivity index (χ0n) is 37.5. The Morgan fingerprint density at radius 1 is 0.597 bits per heavy atom. The first kappa shape index (κ1) is 47.8. The van der Waals surface area contributed by atoms with E-state index < -0.39 is 90.4 Å². The summed E-state index contributed by atoms with van der Waals surface area (Å²) in [6.45, 7) is 6.58. The normalized spacial score (nSPS) is 23.6. The second-order valence-corrected chi connectivity index (χ2v) is 17.2. The van der Waals surface area contributed by atoms with Gasteiger partial charge in [0.1, 0.15) is 18.8 Å². The van der Waals surface area contributed by atoms with Gasteiger partial charge in [0.25, 0.3) is 0 Å². The highest BCUT2D eigenvalue weighted by molar-refractivity contribution is 5.92. The summed E-state index contributed by atoms with van der Waals surface area (Å²) >= 11 is 0. The smallest absolute Gasteiger partial charge is 0.338 e. The van der Waals surface area contributed by atoms with Crippen molar-refractivity contribution in [1.82, 2.24) is 0 Å². The monoisotopic (exact) mass is 908 g/mol. The van der Waals surface area contributed by atoms with Crippen molar-refractivity contribution in [2.75, 3.05) is 6.61 Å². The van der Waals surface area contributed by atoms with Crippen LogP contribution in [0.4, 0.5) is 0 Å². The Bertz CT molecular complexity index is 2540. The third kappa shape index (κ3) is 12.2. The Morgan fingerprint density at radius 2 is 1.00 bits per heavy atom. The molecule has 1 aliphatic carbocycles. The van der Waals surface area contributed by atoms with E-state index in [9.17, 15) is 29.1 Å². The van der Waals surface area contributed by atoms with Crippen LogP contribution in [-0.4, -0.2) is 90.1 Å². The minimum absolute atomic E-state index is 0.0153. The molecule has 2 fully saturated rings. The van der Waals surface area contributed by atoms with Gasteiger partial charge in [0.05, 0.1) is 39.5 Å². The maximum atomic E-state index is 14.1. The first-order valence-corrected chi connectivity index (χ1v) is 22.0. The molecule has 1 heterocycles. The number of carbonyl (C=O) groups is 5. The minimum Gasteiger partial charge on any atom is -0.459 e. The molecule has 67 heavy (non-hydrogen) atoms. The molecular weight excluding hydrogens is 857 g/mol. The van der Waals surface area contributed by atoms with Crippen LogP contribution in [0.5, 0.6) is 0 Å². The summed E-state index contributed by atoms with van der Waals surface area (Å²) in [5.41, 5.74) is 2.47. The maximum absolute atomic E-state index is 14.1. The first-order chi connectivity index (χ1) is 32.2. The standard InChI is InChI=1S/C54H52O13/c1-35(62-48(56)37-22-12-6-13-23-37)30-31-43-53(2,3)32-41(33-54(43,4)60)63-52-46(67-51(59)40-28-18-9-19-29-40)45(66-50(58)39-26-16-8-17-27-39)44(65-49(57)38-24-14-7-15-25-38)42(64-52)34-61-47(55)36-20-10-5-11-21-36/h5-30,35,41-42,44-46,52,60H,32-34H2,1-4H3/t31?,35-,41+,42-,44-,45+,46-,52-,54-/m1/s1. The Hall–Kier alpha value is -7.15. The van der Waals surface area contributed by atoms with Crippen LogP contribution in [-0.2, 0) is 33.2 Å². The number of rotatable bonds is 14. The van der Waals surface area contributed by atoms with Crippen molar-refractivity contribution in [3.8, 4) is 0 Å². The van der Waals surface area contributed by atoms with Crippen LogP contribution in [0.25, 0.3) is 0 Å². The third-order valence-electron chi connectivity index (χ3n) is 11.4. The van der Waals surface area contributed by atoms with Crippen molar-refractivity contribution in [2.45, 2.75) is 89.1 Å². The highest BCUT2D eigenvalue weighted by Crippen LogP contribution is 2.47. The predicted octanol–water partition coefficient (Wildman–Crippen LogP) is 8.53. The van der Waals surface area contributed by atoms with Gasteiger partial charge < -0.3 is 38.3 Å². The average molecular weight is 909 g/mol. The van der Waals surface area contributed by atoms with E-state index in [0.29, 0.717) is 11.1 Å². The van der Waals surface area contributed by atoms with Gasteiger partial charge in [0.2, 0.25) is 0 Å². The van der Waals surface area contributed by atoms with Gasteiger partial charge >= 0.3 is 29.8 Å². The van der Waals surface area contributed by atoms with Crippen LogP contribution in [0.3, 0.4) is 0 Å². The molecule has 1 saturated heterocycles. The van der Waals surface area contributed by atoms with Crippen LogP contribution in [0.15, 0.2) is 169 Å². The first-order valence-electron chi connectivity index (χ1n) is 22.0. The van der Waals surface area contributed by atoms with Gasteiger partial charge in [-0.2, -0.15) is 0 Å². The number of hydrogen-bond donors (Lipinski definition) is 1. The Balaban J connectivity index is 1.25. The molecule has 5 aromatic rings. The van der Waals surface area contributed by atoms with Gasteiger partial charge in [-0.1, -0.05) is 105 Å². The second kappa shape index (κ2) is 21.4. The lowest BCUT2D eigenvalue weighted by atomic mass is 9.65. The summed E-state index contributed by atoms with van der Waals surface area (Å²) in [5, 5.41) is 12.1. The van der Waals surface area contributed by atoms with Gasteiger partial charge in [-0.15, -0.1) is 5.73 Å². The van der Waals surface area contributed by atoms with E-state index >= 15 is 0 Å². The van der Waals surface area contributed by atoms with Crippen molar-refractivity contribution in [2.24, 2.45) is 5.41 Å². The zero-order valence-corrected chi connectivity index (χ0v) is 37.5. The van der Waals surface area contributed by atoms with Crippen LogP contribution < -0.4 is 0 Å². The van der Waals surface area contributed by atoms with Crippen molar-refractivity contribution in [3.05, 3.63) is 197 Å². The van der Waals surface area contributed by atoms with Crippen LogP contribution in [0, 0.1) is 5.41 Å². The van der Waals surface area contributed by atoms with E-state index in [4.69, 9.17) is 33.2 Å². The van der Waals surface area contributed by atoms with Crippen molar-refractivity contribution >= 4 is 29.8 Å². The average Bonchev–Trinajstić information content (AvgIpc) is 3.33. The molecule has 0 unspecified atom stereocenters. The molecule has 7 rings (SSSR count). The molecule has 5 aromatic carbocycles. The summed E-state index contributed by atoms with van der Waals surface area (Å²) < 4.78 is 43.3. The van der Waals surface area contributed by atoms with Gasteiger partial charge in [0.15, 0.2) is 24.6 Å². The highest BCUT2D eigenvalue weighted by atomic mass is 16.7.